The number of allylic oxidation sites excluding steroid dienone is 1. The number of ketones is 1. The second-order valence-corrected chi connectivity index (χ2v) is 7.92. The number of carbonyl (C=O) groups is 4. The molecule has 1 atom stereocenters. The van der Waals surface area contributed by atoms with E-state index in [9.17, 15) is 19.2 Å². The number of nitrogens with zero attached hydrogens (tertiary/aromatic N) is 2. The van der Waals surface area contributed by atoms with Crippen LogP contribution >= 0.6 is 0 Å². The second kappa shape index (κ2) is 9.50. The number of imide groups is 1. The van der Waals surface area contributed by atoms with Crippen LogP contribution in [0, 0.1) is 0 Å². The number of aromatic nitrogens is 1. The fourth-order valence-corrected chi connectivity index (χ4v) is 3.61. The molecule has 8 heteroatoms. The molecule has 0 aliphatic carbocycles. The average Bonchev–Trinajstić information content (AvgIpc) is 3.08. The van der Waals surface area contributed by atoms with Crippen LogP contribution in [-0.4, -0.2) is 40.1 Å². The van der Waals surface area contributed by atoms with Crippen LogP contribution in [0.4, 0.5) is 10.5 Å². The van der Waals surface area contributed by atoms with Crippen molar-refractivity contribution in [2.24, 2.45) is 0 Å². The third-order valence-corrected chi connectivity index (χ3v) is 5.51. The lowest BCUT2D eigenvalue weighted by Crippen LogP contribution is -2.42. The fourth-order valence-electron chi connectivity index (χ4n) is 3.61. The maximum atomic E-state index is 12.9. The van der Waals surface area contributed by atoms with Crippen LogP contribution in [-0.2, 0) is 15.1 Å². The van der Waals surface area contributed by atoms with Crippen molar-refractivity contribution in [1.82, 2.24) is 15.2 Å². The molecule has 170 valence electrons. The van der Waals surface area contributed by atoms with Gasteiger partial charge in [0.1, 0.15) is 12.1 Å². The molecule has 1 aliphatic rings. The van der Waals surface area contributed by atoms with Gasteiger partial charge < -0.3 is 10.6 Å². The van der Waals surface area contributed by atoms with Crippen molar-refractivity contribution in [2.75, 3.05) is 11.9 Å². The first-order chi connectivity index (χ1) is 16.4. The minimum absolute atomic E-state index is 0.186. The summed E-state index contributed by atoms with van der Waals surface area (Å²) < 4.78 is 0. The van der Waals surface area contributed by atoms with Gasteiger partial charge in [-0.2, -0.15) is 0 Å². The molecule has 8 nitrogen and oxygen atoms in total. The number of hydrogen-bond donors (Lipinski definition) is 2. The van der Waals surface area contributed by atoms with Gasteiger partial charge in [-0.3, -0.25) is 24.3 Å². The highest BCUT2D eigenvalue weighted by atomic mass is 16.2. The Bertz CT molecular complexity index is 1260. The third-order valence-electron chi connectivity index (χ3n) is 5.51. The maximum absolute atomic E-state index is 12.9. The van der Waals surface area contributed by atoms with Crippen LogP contribution in [0.3, 0.4) is 0 Å². The van der Waals surface area contributed by atoms with Gasteiger partial charge in [-0.15, -0.1) is 0 Å². The van der Waals surface area contributed by atoms with Gasteiger partial charge in [0.05, 0.1) is 0 Å². The molecule has 2 aromatic carbocycles. The lowest BCUT2D eigenvalue weighted by molar-refractivity contribution is -0.133. The highest BCUT2D eigenvalue weighted by Crippen LogP contribution is 2.28. The Kier molecular flexibility index (Phi) is 6.31. The molecule has 1 fully saturated rings. The molecule has 0 radical (unpaired) electrons. The van der Waals surface area contributed by atoms with Gasteiger partial charge in [0.2, 0.25) is 5.91 Å². The van der Waals surface area contributed by atoms with E-state index in [1.807, 2.05) is 6.07 Å². The molecular weight excluding hydrogens is 432 g/mol. The van der Waals surface area contributed by atoms with Gasteiger partial charge in [-0.1, -0.05) is 36.4 Å². The number of anilines is 1. The molecule has 2 heterocycles. The summed E-state index contributed by atoms with van der Waals surface area (Å²) in [6.45, 7) is 1.18. The van der Waals surface area contributed by atoms with Crippen LogP contribution in [0.25, 0.3) is 6.08 Å². The summed E-state index contributed by atoms with van der Waals surface area (Å²) in [5, 5.41) is 5.32. The van der Waals surface area contributed by atoms with E-state index in [1.54, 1.807) is 86.1 Å². The standard InChI is InChI=1S/C26H22N4O4/c1-26(20-5-3-2-4-6-20)24(33)30(25(34)29-26)17-23(32)28-21-10-8-19(9-11-21)22(31)12-7-18-13-15-27-16-14-18/h2-16H,17H2,1H3,(H,28,32)(H,29,34)/b12-7+. The van der Waals surface area contributed by atoms with Crippen molar-refractivity contribution in [3.63, 3.8) is 0 Å². The summed E-state index contributed by atoms with van der Waals surface area (Å²) in [6, 6.07) is 18.2. The van der Waals surface area contributed by atoms with E-state index in [-0.39, 0.29) is 5.78 Å². The highest BCUT2D eigenvalue weighted by molar-refractivity contribution is 6.10. The van der Waals surface area contributed by atoms with Gasteiger partial charge in [0, 0.05) is 23.6 Å². The van der Waals surface area contributed by atoms with E-state index in [4.69, 9.17) is 0 Å². The third kappa shape index (κ3) is 4.75. The summed E-state index contributed by atoms with van der Waals surface area (Å²) in [5.74, 6) is -1.22. The molecule has 3 aromatic rings. The molecule has 1 saturated heterocycles. The number of benzene rings is 2. The van der Waals surface area contributed by atoms with Gasteiger partial charge in [0.15, 0.2) is 5.78 Å². The van der Waals surface area contributed by atoms with E-state index < -0.39 is 29.9 Å². The van der Waals surface area contributed by atoms with Crippen LogP contribution < -0.4 is 10.6 Å². The summed E-state index contributed by atoms with van der Waals surface area (Å²) in [7, 11) is 0. The molecule has 0 spiro atoms. The Hall–Kier alpha value is -4.59. The zero-order chi connectivity index (χ0) is 24.1. The Labute approximate surface area is 196 Å². The minimum atomic E-state index is -1.23. The van der Waals surface area contributed by atoms with Crippen molar-refractivity contribution >= 4 is 35.4 Å². The van der Waals surface area contributed by atoms with Crippen LogP contribution in [0.15, 0.2) is 85.2 Å². The number of amides is 4. The lowest BCUT2D eigenvalue weighted by Gasteiger charge is -2.22. The van der Waals surface area contributed by atoms with E-state index in [0.717, 1.165) is 10.5 Å². The molecule has 1 aromatic heterocycles. The smallest absolute Gasteiger partial charge is 0.325 e. The zero-order valence-corrected chi connectivity index (χ0v) is 18.4. The summed E-state index contributed by atoms with van der Waals surface area (Å²) in [5.41, 5.74) is 1.16. The predicted molar refractivity (Wildman–Crippen MR) is 127 cm³/mol. The van der Waals surface area contributed by atoms with Gasteiger partial charge in [-0.25, -0.2) is 4.79 Å². The van der Waals surface area contributed by atoms with Crippen molar-refractivity contribution in [3.05, 3.63) is 102 Å². The average molecular weight is 454 g/mol. The SMILES string of the molecule is CC1(c2ccccc2)NC(=O)N(CC(=O)Nc2ccc(C(=O)/C=C/c3ccncc3)cc2)C1=O. The minimum Gasteiger partial charge on any atom is -0.325 e. The Morgan fingerprint density at radius 3 is 2.35 bits per heavy atom. The number of urea groups is 1. The number of carbonyl (C=O) groups excluding carboxylic acids is 4. The molecule has 0 bridgehead atoms. The van der Waals surface area contributed by atoms with Crippen molar-refractivity contribution in [3.8, 4) is 0 Å². The largest absolute Gasteiger partial charge is 0.325 e. The monoisotopic (exact) mass is 454 g/mol. The van der Waals surface area contributed by atoms with Gasteiger partial charge in [-0.05, 0) is 60.5 Å². The molecule has 4 rings (SSSR count). The summed E-state index contributed by atoms with van der Waals surface area (Å²) >= 11 is 0. The van der Waals surface area contributed by atoms with E-state index in [0.29, 0.717) is 16.8 Å². The second-order valence-electron chi connectivity index (χ2n) is 7.92. The molecule has 1 unspecified atom stereocenters. The van der Waals surface area contributed by atoms with Gasteiger partial charge >= 0.3 is 6.03 Å². The fraction of sp³-hybridized carbons (Fsp3) is 0.115. The zero-order valence-electron chi connectivity index (χ0n) is 18.4. The maximum Gasteiger partial charge on any atom is 0.325 e. The first-order valence-corrected chi connectivity index (χ1v) is 10.6. The quantitative estimate of drug-likeness (QED) is 0.323. The normalized spacial score (nSPS) is 17.6. The molecular formula is C26H22N4O4. The first-order valence-electron chi connectivity index (χ1n) is 10.6. The van der Waals surface area contributed by atoms with E-state index in [2.05, 4.69) is 15.6 Å². The van der Waals surface area contributed by atoms with Gasteiger partial charge in [0.25, 0.3) is 5.91 Å². The van der Waals surface area contributed by atoms with Crippen LogP contribution in [0.2, 0.25) is 0 Å². The predicted octanol–water partition coefficient (Wildman–Crippen LogP) is 3.38. The Morgan fingerprint density at radius 2 is 1.68 bits per heavy atom. The summed E-state index contributed by atoms with van der Waals surface area (Å²) in [4.78, 5) is 55.0. The van der Waals surface area contributed by atoms with Crippen molar-refractivity contribution < 1.29 is 19.2 Å². The number of nitrogens with one attached hydrogen (secondary N) is 2. The number of hydrogen-bond acceptors (Lipinski definition) is 5. The Morgan fingerprint density at radius 1 is 1.00 bits per heavy atom. The molecule has 34 heavy (non-hydrogen) atoms. The number of rotatable bonds is 7. The van der Waals surface area contributed by atoms with Crippen LogP contribution in [0.1, 0.15) is 28.4 Å². The van der Waals surface area contributed by atoms with Crippen LogP contribution in [0.5, 0.6) is 0 Å². The van der Waals surface area contributed by atoms with Crippen molar-refractivity contribution in [2.45, 2.75) is 12.5 Å². The molecule has 4 amide bonds. The molecule has 1 aliphatic heterocycles. The van der Waals surface area contributed by atoms with E-state index in [1.165, 1.54) is 6.08 Å². The topological polar surface area (TPSA) is 108 Å². The molecule has 0 saturated carbocycles. The lowest BCUT2D eigenvalue weighted by atomic mass is 9.92. The first kappa shape index (κ1) is 22.6. The highest BCUT2D eigenvalue weighted by Gasteiger charge is 2.49. The number of pyridine rings is 1. The van der Waals surface area contributed by atoms with E-state index >= 15 is 0 Å². The molecule has 2 N–H and O–H groups in total. The van der Waals surface area contributed by atoms with Crippen molar-refractivity contribution in [1.29, 1.82) is 0 Å². The summed E-state index contributed by atoms with van der Waals surface area (Å²) in [6.07, 6.45) is 6.44. The Balaban J connectivity index is 1.37.